The summed E-state index contributed by atoms with van der Waals surface area (Å²) in [7, 11) is 0. The second-order valence-corrected chi connectivity index (χ2v) is 6.78. The van der Waals surface area contributed by atoms with E-state index in [1.165, 1.54) is 6.07 Å². The minimum absolute atomic E-state index is 0.0623. The van der Waals surface area contributed by atoms with Gasteiger partial charge in [0.25, 0.3) is 0 Å². The van der Waals surface area contributed by atoms with Crippen LogP contribution in [0.2, 0.25) is 0 Å². The van der Waals surface area contributed by atoms with Gasteiger partial charge < -0.3 is 10.1 Å². The third kappa shape index (κ3) is 2.90. The van der Waals surface area contributed by atoms with Gasteiger partial charge in [0, 0.05) is 27.4 Å². The third-order valence-electron chi connectivity index (χ3n) is 4.18. The van der Waals surface area contributed by atoms with Gasteiger partial charge in [-0.3, -0.25) is 9.56 Å². The number of benzene rings is 2. The lowest BCUT2D eigenvalue weighted by molar-refractivity contribution is 0.418. The minimum Gasteiger partial charge on any atom is -0.493 e. The van der Waals surface area contributed by atoms with Crippen molar-refractivity contribution in [2.24, 2.45) is 4.99 Å². The van der Waals surface area contributed by atoms with Gasteiger partial charge in [0.2, 0.25) is 5.88 Å². The molecule has 3 aromatic rings. The van der Waals surface area contributed by atoms with E-state index in [0.29, 0.717) is 5.56 Å². The van der Waals surface area contributed by atoms with E-state index in [9.17, 15) is 14.3 Å². The summed E-state index contributed by atoms with van der Waals surface area (Å²) in [6.07, 6.45) is 3.32. The van der Waals surface area contributed by atoms with Gasteiger partial charge >= 0.3 is 5.69 Å². The van der Waals surface area contributed by atoms with Crippen LogP contribution in [0.5, 0.6) is 5.88 Å². The molecular weight excluding hydrogens is 401 g/mol. The highest BCUT2D eigenvalue weighted by Crippen LogP contribution is 2.35. The number of aromatic hydroxyl groups is 1. The number of imidazole rings is 1. The van der Waals surface area contributed by atoms with Gasteiger partial charge in [-0.1, -0.05) is 34.1 Å². The first-order valence-corrected chi connectivity index (χ1v) is 8.63. The van der Waals surface area contributed by atoms with E-state index >= 15 is 0 Å². The number of rotatable bonds is 3. The van der Waals surface area contributed by atoms with Crippen LogP contribution in [0.3, 0.4) is 0 Å². The van der Waals surface area contributed by atoms with Gasteiger partial charge in [0.05, 0.1) is 12.2 Å². The second kappa shape index (κ2) is 6.42. The molecule has 2 N–H and O–H groups in total. The molecule has 0 fully saturated rings. The van der Waals surface area contributed by atoms with Crippen molar-refractivity contribution in [2.75, 3.05) is 0 Å². The molecule has 0 bridgehead atoms. The van der Waals surface area contributed by atoms with E-state index < -0.39 is 11.5 Å². The summed E-state index contributed by atoms with van der Waals surface area (Å²) >= 11 is 3.42. The van der Waals surface area contributed by atoms with Crippen molar-refractivity contribution in [2.45, 2.75) is 6.54 Å². The summed E-state index contributed by atoms with van der Waals surface area (Å²) in [5.74, 6) is -0.677. The zero-order chi connectivity index (χ0) is 18.3. The van der Waals surface area contributed by atoms with Gasteiger partial charge in [-0.2, -0.15) is 0 Å². The quantitative estimate of drug-likeness (QED) is 0.678. The maximum Gasteiger partial charge on any atom is 0.329 e. The third-order valence-corrected chi connectivity index (χ3v) is 4.68. The molecule has 7 heteroatoms. The fourth-order valence-corrected chi connectivity index (χ4v) is 3.22. The Labute approximate surface area is 156 Å². The molecule has 26 heavy (non-hydrogen) atoms. The number of nitrogens with zero attached hydrogens (tertiary/aromatic N) is 2. The van der Waals surface area contributed by atoms with Crippen LogP contribution < -0.4 is 5.69 Å². The molecule has 2 aromatic carbocycles. The predicted octanol–water partition coefficient (Wildman–Crippen LogP) is 4.09. The molecule has 4 rings (SSSR count). The summed E-state index contributed by atoms with van der Waals surface area (Å²) in [6.45, 7) is -0.0623. The van der Waals surface area contributed by atoms with Crippen LogP contribution >= 0.6 is 15.9 Å². The highest BCUT2D eigenvalue weighted by Gasteiger charge is 2.17. The first-order valence-electron chi connectivity index (χ1n) is 7.84. The topological polar surface area (TPSA) is 70.4 Å². The Hall–Kier alpha value is -2.93. The average Bonchev–Trinajstić information content (AvgIpc) is 3.13. The van der Waals surface area contributed by atoms with E-state index in [-0.39, 0.29) is 18.1 Å². The molecule has 0 radical (unpaired) electrons. The van der Waals surface area contributed by atoms with Crippen molar-refractivity contribution in [3.8, 4) is 5.88 Å². The van der Waals surface area contributed by atoms with Crippen molar-refractivity contribution in [1.82, 2.24) is 9.55 Å². The lowest BCUT2D eigenvalue weighted by Gasteiger charge is -2.05. The van der Waals surface area contributed by atoms with Crippen LogP contribution in [0.15, 0.2) is 56.7 Å². The van der Waals surface area contributed by atoms with E-state index in [1.54, 1.807) is 30.5 Å². The average molecular weight is 414 g/mol. The Balaban J connectivity index is 1.73. The van der Waals surface area contributed by atoms with Crippen molar-refractivity contribution in [3.63, 3.8) is 0 Å². The molecule has 1 aliphatic heterocycles. The summed E-state index contributed by atoms with van der Waals surface area (Å²) in [5, 5.41) is 10.4. The lowest BCUT2D eigenvalue weighted by atomic mass is 10.1. The highest BCUT2D eigenvalue weighted by molar-refractivity contribution is 9.10. The summed E-state index contributed by atoms with van der Waals surface area (Å²) < 4.78 is 15.8. The Morgan fingerprint density at radius 2 is 2.08 bits per heavy atom. The minimum atomic E-state index is -0.512. The Morgan fingerprint density at radius 1 is 1.27 bits per heavy atom. The Bertz CT molecular complexity index is 1130. The van der Waals surface area contributed by atoms with Crippen molar-refractivity contribution < 1.29 is 9.50 Å². The smallest absolute Gasteiger partial charge is 0.329 e. The van der Waals surface area contributed by atoms with Crippen molar-refractivity contribution in [3.05, 3.63) is 80.1 Å². The van der Waals surface area contributed by atoms with Gasteiger partial charge in [-0.25, -0.2) is 9.18 Å². The van der Waals surface area contributed by atoms with E-state index in [1.807, 2.05) is 18.2 Å². The molecule has 0 aliphatic carbocycles. The second-order valence-electron chi connectivity index (χ2n) is 5.86. The molecule has 0 saturated heterocycles. The largest absolute Gasteiger partial charge is 0.493 e. The molecular formula is C19H13BrFN3O2. The van der Waals surface area contributed by atoms with Crippen LogP contribution in [-0.2, 0) is 6.54 Å². The predicted molar refractivity (Wildman–Crippen MR) is 102 cm³/mol. The summed E-state index contributed by atoms with van der Waals surface area (Å²) in [5.41, 5.74) is 2.52. The molecule has 0 saturated carbocycles. The number of allylic oxidation sites excluding steroid dienone is 1. The standard InChI is InChI=1S/C19H13BrFN3O2/c20-13-5-6-16-14(8-13)12(9-22-16)7-17-18(25)24(19(26)23-17)10-11-3-1-2-4-15(11)21/h1-9,25H,10H2,(H,23,26)/b12-7+. The highest BCUT2D eigenvalue weighted by atomic mass is 79.9. The van der Waals surface area contributed by atoms with Crippen molar-refractivity contribution in [1.29, 1.82) is 0 Å². The zero-order valence-corrected chi connectivity index (χ0v) is 15.0. The van der Waals surface area contributed by atoms with Gasteiger partial charge in [0.15, 0.2) is 0 Å². The first-order chi connectivity index (χ1) is 12.5. The molecule has 0 unspecified atom stereocenters. The zero-order valence-electron chi connectivity index (χ0n) is 13.4. The maximum atomic E-state index is 13.8. The fourth-order valence-electron chi connectivity index (χ4n) is 2.86. The van der Waals surface area contributed by atoms with Crippen LogP contribution in [-0.4, -0.2) is 20.9 Å². The summed E-state index contributed by atoms with van der Waals surface area (Å²) in [6, 6.07) is 11.8. The normalized spacial score (nSPS) is 14.2. The number of nitrogens with one attached hydrogen (secondary N) is 1. The van der Waals surface area contributed by atoms with Crippen LogP contribution in [0, 0.1) is 5.82 Å². The monoisotopic (exact) mass is 413 g/mol. The Morgan fingerprint density at radius 3 is 2.88 bits per heavy atom. The number of hydrogen-bond donors (Lipinski definition) is 2. The number of hydrogen-bond acceptors (Lipinski definition) is 3. The molecule has 0 spiro atoms. The molecule has 1 aliphatic rings. The lowest BCUT2D eigenvalue weighted by Crippen LogP contribution is -2.17. The van der Waals surface area contributed by atoms with Gasteiger partial charge in [0.1, 0.15) is 11.5 Å². The summed E-state index contributed by atoms with van der Waals surface area (Å²) in [4.78, 5) is 19.1. The SMILES string of the molecule is O=c1[nH]c(/C=C2\C=Nc3ccc(Br)cc32)c(O)n1Cc1ccccc1F. The molecule has 130 valence electrons. The molecule has 0 amide bonds. The number of fused-ring (bicyclic) bond motifs is 1. The number of H-pyrrole nitrogens is 1. The van der Waals surface area contributed by atoms with E-state index in [2.05, 4.69) is 25.9 Å². The van der Waals surface area contributed by atoms with E-state index in [4.69, 9.17) is 0 Å². The van der Waals surface area contributed by atoms with Gasteiger partial charge in [-0.05, 0) is 30.3 Å². The number of aliphatic imine (C=N–C) groups is 1. The number of aromatic nitrogens is 2. The first kappa shape index (κ1) is 16.5. The van der Waals surface area contributed by atoms with E-state index in [0.717, 1.165) is 25.9 Å². The van der Waals surface area contributed by atoms with Crippen LogP contribution in [0.25, 0.3) is 11.6 Å². The molecule has 1 aromatic heterocycles. The van der Waals surface area contributed by atoms with Gasteiger partial charge in [-0.15, -0.1) is 0 Å². The van der Waals surface area contributed by atoms with Crippen molar-refractivity contribution >= 4 is 39.5 Å². The van der Waals surface area contributed by atoms with Crippen LogP contribution in [0.1, 0.15) is 16.8 Å². The number of halogens is 2. The Kier molecular flexibility index (Phi) is 4.08. The maximum absolute atomic E-state index is 13.8. The van der Waals surface area contributed by atoms with Crippen LogP contribution in [0.4, 0.5) is 10.1 Å². The fraction of sp³-hybridized carbons (Fsp3) is 0.0526. The molecule has 0 atom stereocenters. The molecule has 5 nitrogen and oxygen atoms in total. The number of aromatic amines is 1. The molecule has 2 heterocycles.